The minimum absolute atomic E-state index is 0.133. The van der Waals surface area contributed by atoms with Gasteiger partial charge < -0.3 is 4.74 Å². The molecule has 2 rings (SSSR count). The van der Waals surface area contributed by atoms with E-state index in [1.54, 1.807) is 18.3 Å². The highest BCUT2D eigenvalue weighted by Gasteiger charge is 2.08. The van der Waals surface area contributed by atoms with Gasteiger partial charge in [-0.05, 0) is 37.6 Å². The van der Waals surface area contributed by atoms with Crippen LogP contribution in [0.3, 0.4) is 0 Å². The molecule has 0 N–H and O–H groups in total. The summed E-state index contributed by atoms with van der Waals surface area (Å²) in [5, 5.41) is 0.732. The van der Waals surface area contributed by atoms with Crippen LogP contribution in [0, 0.1) is 5.82 Å². The van der Waals surface area contributed by atoms with Crippen LogP contribution in [-0.4, -0.2) is 11.1 Å². The van der Waals surface area contributed by atoms with Crippen LogP contribution in [0.1, 0.15) is 26.7 Å². The van der Waals surface area contributed by atoms with Crippen molar-refractivity contribution in [1.29, 1.82) is 0 Å². The second-order valence-electron chi connectivity index (χ2n) is 4.19. The predicted molar refractivity (Wildman–Crippen MR) is 66.7 cm³/mol. The van der Waals surface area contributed by atoms with Crippen LogP contribution in [0.25, 0.3) is 10.9 Å². The molecule has 0 amide bonds. The molecular formula is C14H16FNO. The van der Waals surface area contributed by atoms with Gasteiger partial charge in [0.15, 0.2) is 0 Å². The fourth-order valence-corrected chi connectivity index (χ4v) is 1.88. The molecule has 2 nitrogen and oxygen atoms in total. The Kier molecular flexibility index (Phi) is 3.57. The fraction of sp³-hybridized carbons (Fsp3) is 0.357. The Morgan fingerprint density at radius 1 is 1.35 bits per heavy atom. The van der Waals surface area contributed by atoms with Gasteiger partial charge in [-0.2, -0.15) is 0 Å². The third-order valence-corrected chi connectivity index (χ3v) is 2.69. The van der Waals surface area contributed by atoms with Crippen LogP contribution in [0.5, 0.6) is 5.75 Å². The lowest BCUT2D eigenvalue weighted by Crippen LogP contribution is -2.11. The highest BCUT2D eigenvalue weighted by molar-refractivity contribution is 5.84. The molecule has 1 aromatic carbocycles. The van der Waals surface area contributed by atoms with E-state index in [4.69, 9.17) is 4.74 Å². The summed E-state index contributed by atoms with van der Waals surface area (Å²) in [6, 6.07) is 6.33. The molecule has 3 heteroatoms. The van der Waals surface area contributed by atoms with E-state index in [1.165, 1.54) is 12.1 Å². The molecule has 0 bridgehead atoms. The molecule has 0 fully saturated rings. The Morgan fingerprint density at radius 2 is 2.18 bits per heavy atom. The zero-order valence-electron chi connectivity index (χ0n) is 10.1. The number of aromatic nitrogens is 1. The molecule has 0 saturated heterocycles. The monoisotopic (exact) mass is 233 g/mol. The van der Waals surface area contributed by atoms with Gasteiger partial charge in [-0.15, -0.1) is 0 Å². The van der Waals surface area contributed by atoms with E-state index < -0.39 is 0 Å². The van der Waals surface area contributed by atoms with Crippen LogP contribution in [0.4, 0.5) is 4.39 Å². The first kappa shape index (κ1) is 11.8. The Balaban J connectivity index is 2.36. The fourth-order valence-electron chi connectivity index (χ4n) is 1.88. The summed E-state index contributed by atoms with van der Waals surface area (Å²) in [5.74, 6) is 0.439. The molecule has 90 valence electrons. The summed E-state index contributed by atoms with van der Waals surface area (Å²) in [6.07, 6.45) is 3.88. The van der Waals surface area contributed by atoms with Crippen molar-refractivity contribution < 1.29 is 9.13 Å². The van der Waals surface area contributed by atoms with Crippen LogP contribution >= 0.6 is 0 Å². The lowest BCUT2D eigenvalue weighted by atomic mass is 10.2. The molecule has 0 saturated carbocycles. The first-order valence-electron chi connectivity index (χ1n) is 5.91. The van der Waals surface area contributed by atoms with Crippen LogP contribution in [0.2, 0.25) is 0 Å². The Labute approximate surface area is 100 Å². The summed E-state index contributed by atoms with van der Waals surface area (Å²) in [5.41, 5.74) is 0.757. The number of fused-ring (bicyclic) bond motifs is 1. The van der Waals surface area contributed by atoms with Crippen molar-refractivity contribution in [2.24, 2.45) is 0 Å². The molecule has 1 aromatic heterocycles. The van der Waals surface area contributed by atoms with Crippen LogP contribution in [-0.2, 0) is 0 Å². The SMILES string of the molecule is CCCC(C)Oc1ccnc2ccc(F)cc12. The molecule has 0 spiro atoms. The topological polar surface area (TPSA) is 22.1 Å². The van der Waals surface area contributed by atoms with Gasteiger partial charge in [0.05, 0.1) is 11.6 Å². The zero-order valence-corrected chi connectivity index (χ0v) is 10.1. The normalized spacial score (nSPS) is 12.6. The molecule has 1 heterocycles. The lowest BCUT2D eigenvalue weighted by molar-refractivity contribution is 0.212. The minimum Gasteiger partial charge on any atom is -0.490 e. The predicted octanol–water partition coefficient (Wildman–Crippen LogP) is 3.94. The lowest BCUT2D eigenvalue weighted by Gasteiger charge is -2.15. The number of benzene rings is 1. The van der Waals surface area contributed by atoms with E-state index in [0.717, 1.165) is 23.7 Å². The average molecular weight is 233 g/mol. The van der Waals surface area contributed by atoms with E-state index in [-0.39, 0.29) is 11.9 Å². The van der Waals surface area contributed by atoms with Crippen LogP contribution < -0.4 is 4.74 Å². The largest absolute Gasteiger partial charge is 0.490 e. The van der Waals surface area contributed by atoms with Crippen molar-refractivity contribution >= 4 is 10.9 Å². The molecule has 0 radical (unpaired) electrons. The van der Waals surface area contributed by atoms with Crippen molar-refractivity contribution in [2.45, 2.75) is 32.8 Å². The summed E-state index contributed by atoms with van der Waals surface area (Å²) >= 11 is 0. The maximum Gasteiger partial charge on any atom is 0.130 e. The molecule has 1 atom stereocenters. The van der Waals surface area contributed by atoms with Crippen molar-refractivity contribution in [1.82, 2.24) is 4.98 Å². The van der Waals surface area contributed by atoms with Gasteiger partial charge in [0.25, 0.3) is 0 Å². The standard InChI is InChI=1S/C14H16FNO/c1-3-4-10(2)17-14-7-8-16-13-6-5-11(15)9-12(13)14/h5-10H,3-4H2,1-2H3. The van der Waals surface area contributed by atoms with Gasteiger partial charge in [-0.25, -0.2) is 4.39 Å². The van der Waals surface area contributed by atoms with Gasteiger partial charge in [0.2, 0.25) is 0 Å². The quantitative estimate of drug-likeness (QED) is 0.798. The third kappa shape index (κ3) is 2.73. The Morgan fingerprint density at radius 3 is 2.94 bits per heavy atom. The second kappa shape index (κ2) is 5.13. The highest BCUT2D eigenvalue weighted by atomic mass is 19.1. The summed E-state index contributed by atoms with van der Waals surface area (Å²) in [6.45, 7) is 4.14. The van der Waals surface area contributed by atoms with Crippen LogP contribution in [0.15, 0.2) is 30.5 Å². The highest BCUT2D eigenvalue weighted by Crippen LogP contribution is 2.25. The maximum atomic E-state index is 13.2. The first-order chi connectivity index (χ1) is 8.20. The molecule has 17 heavy (non-hydrogen) atoms. The van der Waals surface area contributed by atoms with E-state index in [9.17, 15) is 4.39 Å². The van der Waals surface area contributed by atoms with Crippen molar-refractivity contribution in [3.05, 3.63) is 36.3 Å². The van der Waals surface area contributed by atoms with Gasteiger partial charge in [0.1, 0.15) is 11.6 Å². The van der Waals surface area contributed by atoms with E-state index in [1.807, 2.05) is 6.92 Å². The number of nitrogens with zero attached hydrogens (tertiary/aromatic N) is 1. The minimum atomic E-state index is -0.265. The Hall–Kier alpha value is -1.64. The summed E-state index contributed by atoms with van der Waals surface area (Å²) in [7, 11) is 0. The number of rotatable bonds is 4. The third-order valence-electron chi connectivity index (χ3n) is 2.69. The maximum absolute atomic E-state index is 13.2. The molecule has 1 unspecified atom stereocenters. The molecule has 2 aromatic rings. The first-order valence-corrected chi connectivity index (χ1v) is 5.91. The molecular weight excluding hydrogens is 217 g/mol. The molecule has 0 aliphatic rings. The number of ether oxygens (including phenoxy) is 1. The smallest absolute Gasteiger partial charge is 0.130 e. The van der Waals surface area contributed by atoms with E-state index in [2.05, 4.69) is 11.9 Å². The Bertz CT molecular complexity index is 513. The number of hydrogen-bond acceptors (Lipinski definition) is 2. The zero-order chi connectivity index (χ0) is 12.3. The average Bonchev–Trinajstić information content (AvgIpc) is 2.30. The molecule has 0 aliphatic heterocycles. The van der Waals surface area contributed by atoms with Crippen molar-refractivity contribution in [3.8, 4) is 5.75 Å². The van der Waals surface area contributed by atoms with E-state index in [0.29, 0.717) is 5.75 Å². The number of hydrogen-bond donors (Lipinski definition) is 0. The van der Waals surface area contributed by atoms with Crippen molar-refractivity contribution in [2.75, 3.05) is 0 Å². The van der Waals surface area contributed by atoms with Gasteiger partial charge in [-0.3, -0.25) is 4.98 Å². The van der Waals surface area contributed by atoms with Gasteiger partial charge >= 0.3 is 0 Å². The van der Waals surface area contributed by atoms with E-state index >= 15 is 0 Å². The molecule has 0 aliphatic carbocycles. The van der Waals surface area contributed by atoms with Gasteiger partial charge in [0, 0.05) is 11.6 Å². The summed E-state index contributed by atoms with van der Waals surface area (Å²) in [4.78, 5) is 4.19. The van der Waals surface area contributed by atoms with Gasteiger partial charge in [-0.1, -0.05) is 13.3 Å². The summed E-state index contributed by atoms with van der Waals surface area (Å²) < 4.78 is 19.0. The number of pyridine rings is 1. The number of halogens is 1. The second-order valence-corrected chi connectivity index (χ2v) is 4.19. The van der Waals surface area contributed by atoms with Crippen molar-refractivity contribution in [3.63, 3.8) is 0 Å².